The van der Waals surface area contributed by atoms with Crippen molar-refractivity contribution in [3.05, 3.63) is 30.2 Å². The minimum atomic E-state index is -0.962. The molecule has 2 heterocycles. The van der Waals surface area contributed by atoms with Crippen LogP contribution in [0.1, 0.15) is 16.9 Å². The number of amides is 1. The van der Waals surface area contributed by atoms with E-state index < -0.39 is 11.9 Å². The minimum absolute atomic E-state index is 0.108. The Morgan fingerprint density at radius 2 is 2.21 bits per heavy atom. The van der Waals surface area contributed by atoms with Crippen LogP contribution in [0.4, 0.5) is 0 Å². The monoisotopic (exact) mass is 264 g/mol. The van der Waals surface area contributed by atoms with Gasteiger partial charge in [0.25, 0.3) is 5.91 Å². The Hall–Kier alpha value is -2.57. The van der Waals surface area contributed by atoms with Crippen LogP contribution in [0.2, 0.25) is 0 Å². The number of carboxylic acid groups (broad SMARTS) is 1. The normalized spacial score (nSPS) is 10.4. The molecule has 0 aromatic carbocycles. The third-order valence-corrected chi connectivity index (χ3v) is 2.50. The van der Waals surface area contributed by atoms with Crippen LogP contribution in [0.5, 0.6) is 0 Å². The highest BCUT2D eigenvalue weighted by Gasteiger charge is 2.18. The maximum Gasteiger partial charge on any atom is 0.305 e. The molecular weight excluding hydrogens is 252 g/mol. The first-order chi connectivity index (χ1) is 9.08. The van der Waals surface area contributed by atoms with Crippen molar-refractivity contribution in [1.29, 1.82) is 0 Å². The molecule has 0 saturated carbocycles. The topological polar surface area (TPSA) is 96.8 Å². The van der Waals surface area contributed by atoms with Gasteiger partial charge in [-0.3, -0.25) is 9.59 Å². The Balaban J connectivity index is 2.06. The van der Waals surface area contributed by atoms with Crippen LogP contribution in [-0.4, -0.2) is 40.6 Å². The fraction of sp³-hybridized carbons (Fsp3) is 0.250. The van der Waals surface area contributed by atoms with Gasteiger partial charge in [0.15, 0.2) is 11.5 Å². The van der Waals surface area contributed by atoms with E-state index in [1.165, 1.54) is 24.3 Å². The number of rotatable bonds is 5. The average molecular weight is 264 g/mol. The summed E-state index contributed by atoms with van der Waals surface area (Å²) in [5.74, 6) is -0.543. The number of hydrogen-bond donors (Lipinski definition) is 1. The molecule has 1 N–H and O–H groups in total. The highest BCUT2D eigenvalue weighted by molar-refractivity contribution is 5.93. The molecule has 0 saturated heterocycles. The number of carbonyl (C=O) groups is 2. The summed E-state index contributed by atoms with van der Waals surface area (Å²) in [7, 11) is 1.51. The van der Waals surface area contributed by atoms with Gasteiger partial charge in [0, 0.05) is 19.7 Å². The van der Waals surface area contributed by atoms with Crippen LogP contribution in [0.15, 0.2) is 33.4 Å². The SMILES string of the molecule is CN(CCC(=O)O)C(=O)c1cc(-c2ccco2)on1. The molecule has 2 aromatic rings. The van der Waals surface area contributed by atoms with E-state index in [1.54, 1.807) is 12.1 Å². The maximum absolute atomic E-state index is 11.9. The van der Waals surface area contributed by atoms with E-state index in [0.717, 1.165) is 0 Å². The van der Waals surface area contributed by atoms with Gasteiger partial charge >= 0.3 is 5.97 Å². The Labute approximate surface area is 108 Å². The molecule has 0 aliphatic heterocycles. The minimum Gasteiger partial charge on any atom is -0.481 e. The standard InChI is InChI=1S/C12H12N2O5/c1-14(5-4-11(15)16)12(17)8-7-10(19-13-8)9-3-2-6-18-9/h2-3,6-7H,4-5H2,1H3,(H,15,16). The molecule has 100 valence electrons. The Kier molecular flexibility index (Phi) is 3.65. The first-order valence-electron chi connectivity index (χ1n) is 5.56. The highest BCUT2D eigenvalue weighted by Crippen LogP contribution is 2.20. The summed E-state index contributed by atoms with van der Waals surface area (Å²) in [5, 5.41) is 12.2. The van der Waals surface area contributed by atoms with Crippen molar-refractivity contribution in [2.24, 2.45) is 0 Å². The molecule has 0 aliphatic carbocycles. The molecule has 0 aliphatic rings. The molecule has 1 amide bonds. The second kappa shape index (κ2) is 5.38. The van der Waals surface area contributed by atoms with Gasteiger partial charge in [0.2, 0.25) is 5.76 Å². The van der Waals surface area contributed by atoms with Crippen molar-refractivity contribution in [3.8, 4) is 11.5 Å². The van der Waals surface area contributed by atoms with Crippen molar-refractivity contribution >= 4 is 11.9 Å². The van der Waals surface area contributed by atoms with Crippen LogP contribution in [-0.2, 0) is 4.79 Å². The van der Waals surface area contributed by atoms with Gasteiger partial charge in [-0.15, -0.1) is 0 Å². The summed E-state index contributed by atoms with van der Waals surface area (Å²) in [6, 6.07) is 4.83. The maximum atomic E-state index is 11.9. The van der Waals surface area contributed by atoms with Gasteiger partial charge in [-0.1, -0.05) is 5.16 Å². The van der Waals surface area contributed by atoms with Crippen molar-refractivity contribution in [1.82, 2.24) is 10.1 Å². The van der Waals surface area contributed by atoms with E-state index in [-0.39, 0.29) is 18.7 Å². The van der Waals surface area contributed by atoms with E-state index in [9.17, 15) is 9.59 Å². The number of aromatic nitrogens is 1. The molecular formula is C12H12N2O5. The van der Waals surface area contributed by atoms with Gasteiger partial charge in [-0.2, -0.15) is 0 Å². The number of hydrogen-bond acceptors (Lipinski definition) is 5. The first kappa shape index (κ1) is 12.9. The average Bonchev–Trinajstić information content (AvgIpc) is 3.04. The number of carbonyl (C=O) groups excluding carboxylic acids is 1. The van der Waals surface area contributed by atoms with E-state index in [2.05, 4.69) is 5.16 Å². The number of furan rings is 1. The molecule has 0 spiro atoms. The summed E-state index contributed by atoms with van der Waals surface area (Å²) in [5.41, 5.74) is 0.110. The number of aliphatic carboxylic acids is 1. The zero-order chi connectivity index (χ0) is 13.8. The molecule has 0 unspecified atom stereocenters. The molecule has 7 nitrogen and oxygen atoms in total. The summed E-state index contributed by atoms with van der Waals surface area (Å²) in [6.07, 6.45) is 1.36. The van der Waals surface area contributed by atoms with Crippen LogP contribution >= 0.6 is 0 Å². The van der Waals surface area contributed by atoms with Gasteiger partial charge in [0.05, 0.1) is 12.7 Å². The Morgan fingerprint density at radius 3 is 2.84 bits per heavy atom. The lowest BCUT2D eigenvalue weighted by Crippen LogP contribution is -2.29. The van der Waals surface area contributed by atoms with Crippen molar-refractivity contribution in [2.75, 3.05) is 13.6 Å². The fourth-order valence-electron chi connectivity index (χ4n) is 1.47. The summed E-state index contributed by atoms with van der Waals surface area (Å²) < 4.78 is 10.1. The van der Waals surface area contributed by atoms with Crippen LogP contribution in [0.3, 0.4) is 0 Å². The molecule has 0 fully saturated rings. The van der Waals surface area contributed by atoms with Crippen molar-refractivity contribution < 1.29 is 23.6 Å². The number of nitrogens with zero attached hydrogens (tertiary/aromatic N) is 2. The van der Waals surface area contributed by atoms with Crippen LogP contribution < -0.4 is 0 Å². The molecule has 19 heavy (non-hydrogen) atoms. The second-order valence-corrected chi connectivity index (χ2v) is 3.92. The summed E-state index contributed by atoms with van der Waals surface area (Å²) in [4.78, 5) is 23.6. The van der Waals surface area contributed by atoms with Gasteiger partial charge in [-0.25, -0.2) is 0 Å². The zero-order valence-electron chi connectivity index (χ0n) is 10.2. The Morgan fingerprint density at radius 1 is 1.42 bits per heavy atom. The van der Waals surface area contributed by atoms with E-state index in [1.807, 2.05) is 0 Å². The molecule has 7 heteroatoms. The third-order valence-electron chi connectivity index (χ3n) is 2.50. The number of carboxylic acids is 1. The predicted octanol–water partition coefficient (Wildman–Crippen LogP) is 1.48. The molecule has 0 bridgehead atoms. The smallest absolute Gasteiger partial charge is 0.305 e. The van der Waals surface area contributed by atoms with Crippen LogP contribution in [0.25, 0.3) is 11.5 Å². The van der Waals surface area contributed by atoms with E-state index in [4.69, 9.17) is 14.0 Å². The predicted molar refractivity (Wildman–Crippen MR) is 63.4 cm³/mol. The fourth-order valence-corrected chi connectivity index (χ4v) is 1.47. The largest absolute Gasteiger partial charge is 0.481 e. The second-order valence-electron chi connectivity index (χ2n) is 3.92. The summed E-state index contributed by atoms with van der Waals surface area (Å²) in [6.45, 7) is 0.108. The van der Waals surface area contributed by atoms with E-state index >= 15 is 0 Å². The zero-order valence-corrected chi connectivity index (χ0v) is 10.2. The van der Waals surface area contributed by atoms with E-state index in [0.29, 0.717) is 11.5 Å². The van der Waals surface area contributed by atoms with Crippen molar-refractivity contribution in [3.63, 3.8) is 0 Å². The lowest BCUT2D eigenvalue weighted by Gasteiger charge is -2.13. The van der Waals surface area contributed by atoms with Gasteiger partial charge in [0.1, 0.15) is 0 Å². The van der Waals surface area contributed by atoms with Crippen molar-refractivity contribution in [2.45, 2.75) is 6.42 Å². The third kappa shape index (κ3) is 3.01. The summed E-state index contributed by atoms with van der Waals surface area (Å²) >= 11 is 0. The van der Waals surface area contributed by atoms with Gasteiger partial charge in [-0.05, 0) is 12.1 Å². The molecule has 2 rings (SSSR count). The first-order valence-corrected chi connectivity index (χ1v) is 5.56. The lowest BCUT2D eigenvalue weighted by atomic mass is 10.3. The highest BCUT2D eigenvalue weighted by atomic mass is 16.5. The molecule has 2 aromatic heterocycles. The Bertz CT molecular complexity index is 573. The lowest BCUT2D eigenvalue weighted by molar-refractivity contribution is -0.137. The molecule has 0 radical (unpaired) electrons. The van der Waals surface area contributed by atoms with Crippen LogP contribution in [0, 0.1) is 0 Å². The molecule has 0 atom stereocenters. The van der Waals surface area contributed by atoms with Gasteiger partial charge < -0.3 is 18.9 Å². The quantitative estimate of drug-likeness (QED) is 0.878.